The van der Waals surface area contributed by atoms with Gasteiger partial charge in [0.2, 0.25) is 5.91 Å². The SMILES string of the molecule is Cc1cccc(N2CCN(CC(=O)NCCc3ccccc3C)CC2)c1. The summed E-state index contributed by atoms with van der Waals surface area (Å²) in [5.74, 6) is 0.127. The number of benzene rings is 2. The van der Waals surface area contributed by atoms with Crippen LogP contribution < -0.4 is 10.2 Å². The predicted molar refractivity (Wildman–Crippen MR) is 108 cm³/mol. The average Bonchev–Trinajstić information content (AvgIpc) is 2.64. The van der Waals surface area contributed by atoms with Gasteiger partial charge in [-0.05, 0) is 49.1 Å². The maximum atomic E-state index is 12.2. The average molecular weight is 351 g/mol. The van der Waals surface area contributed by atoms with Gasteiger partial charge in [-0.15, -0.1) is 0 Å². The molecule has 1 aliphatic rings. The van der Waals surface area contributed by atoms with Crippen molar-refractivity contribution in [1.82, 2.24) is 10.2 Å². The van der Waals surface area contributed by atoms with Crippen molar-refractivity contribution in [2.24, 2.45) is 0 Å². The second kappa shape index (κ2) is 8.86. The zero-order chi connectivity index (χ0) is 18.4. The fourth-order valence-electron chi connectivity index (χ4n) is 3.48. The largest absolute Gasteiger partial charge is 0.369 e. The molecule has 2 aromatic rings. The van der Waals surface area contributed by atoms with Crippen LogP contribution in [0, 0.1) is 13.8 Å². The van der Waals surface area contributed by atoms with Gasteiger partial charge in [0.15, 0.2) is 0 Å². The van der Waals surface area contributed by atoms with Gasteiger partial charge in [0.1, 0.15) is 0 Å². The highest BCUT2D eigenvalue weighted by Crippen LogP contribution is 2.17. The monoisotopic (exact) mass is 351 g/mol. The molecular formula is C22H29N3O. The summed E-state index contributed by atoms with van der Waals surface area (Å²) < 4.78 is 0. The van der Waals surface area contributed by atoms with E-state index in [9.17, 15) is 4.79 Å². The normalized spacial score (nSPS) is 15.1. The molecule has 0 atom stereocenters. The van der Waals surface area contributed by atoms with Gasteiger partial charge in [-0.1, -0.05) is 36.4 Å². The molecule has 1 aliphatic heterocycles. The first-order valence-electron chi connectivity index (χ1n) is 9.47. The van der Waals surface area contributed by atoms with Gasteiger partial charge in [-0.2, -0.15) is 0 Å². The van der Waals surface area contributed by atoms with E-state index in [-0.39, 0.29) is 5.91 Å². The molecule has 2 aromatic carbocycles. The Hall–Kier alpha value is -2.33. The lowest BCUT2D eigenvalue weighted by Gasteiger charge is -2.35. The number of aryl methyl sites for hydroxylation is 2. The lowest BCUT2D eigenvalue weighted by molar-refractivity contribution is -0.122. The van der Waals surface area contributed by atoms with E-state index in [0.29, 0.717) is 13.1 Å². The zero-order valence-corrected chi connectivity index (χ0v) is 15.9. The van der Waals surface area contributed by atoms with Gasteiger partial charge in [-0.25, -0.2) is 0 Å². The smallest absolute Gasteiger partial charge is 0.234 e. The molecule has 1 saturated heterocycles. The standard InChI is InChI=1S/C22H29N3O/c1-18-6-5-9-21(16-18)25-14-12-24(13-15-25)17-22(26)23-11-10-20-8-4-3-7-19(20)2/h3-9,16H,10-15,17H2,1-2H3,(H,23,26). The molecule has 1 fully saturated rings. The van der Waals surface area contributed by atoms with E-state index < -0.39 is 0 Å². The zero-order valence-electron chi connectivity index (χ0n) is 15.9. The Kier molecular flexibility index (Phi) is 6.29. The topological polar surface area (TPSA) is 35.6 Å². The van der Waals surface area contributed by atoms with E-state index in [1.54, 1.807) is 0 Å². The Morgan fingerprint density at radius 3 is 2.50 bits per heavy atom. The molecule has 4 heteroatoms. The van der Waals surface area contributed by atoms with Crippen LogP contribution in [0.4, 0.5) is 5.69 Å². The number of amides is 1. The second-order valence-electron chi connectivity index (χ2n) is 7.13. The van der Waals surface area contributed by atoms with Gasteiger partial charge >= 0.3 is 0 Å². The summed E-state index contributed by atoms with van der Waals surface area (Å²) in [5, 5.41) is 3.06. The molecule has 1 amide bonds. The second-order valence-corrected chi connectivity index (χ2v) is 7.13. The molecule has 0 bridgehead atoms. The number of rotatable bonds is 6. The minimum absolute atomic E-state index is 0.127. The molecule has 0 radical (unpaired) electrons. The molecule has 26 heavy (non-hydrogen) atoms. The maximum Gasteiger partial charge on any atom is 0.234 e. The molecule has 0 spiro atoms. The highest BCUT2D eigenvalue weighted by molar-refractivity contribution is 5.78. The van der Waals surface area contributed by atoms with Crippen LogP contribution >= 0.6 is 0 Å². The fraction of sp³-hybridized carbons (Fsp3) is 0.409. The van der Waals surface area contributed by atoms with E-state index in [1.807, 2.05) is 6.07 Å². The third-order valence-corrected chi connectivity index (χ3v) is 5.08. The highest BCUT2D eigenvalue weighted by Gasteiger charge is 2.19. The Balaban J connectivity index is 1.39. The van der Waals surface area contributed by atoms with Crippen LogP contribution in [0.1, 0.15) is 16.7 Å². The van der Waals surface area contributed by atoms with Crippen molar-refractivity contribution < 1.29 is 4.79 Å². The van der Waals surface area contributed by atoms with Crippen molar-refractivity contribution in [2.75, 3.05) is 44.2 Å². The van der Waals surface area contributed by atoms with Crippen molar-refractivity contribution in [2.45, 2.75) is 20.3 Å². The van der Waals surface area contributed by atoms with Crippen LogP contribution in [0.15, 0.2) is 48.5 Å². The minimum atomic E-state index is 0.127. The van der Waals surface area contributed by atoms with E-state index in [2.05, 4.69) is 71.4 Å². The van der Waals surface area contributed by atoms with Crippen molar-refractivity contribution in [3.63, 3.8) is 0 Å². The van der Waals surface area contributed by atoms with Gasteiger partial charge in [-0.3, -0.25) is 9.69 Å². The summed E-state index contributed by atoms with van der Waals surface area (Å²) in [6, 6.07) is 17.0. The number of hydrogen-bond acceptors (Lipinski definition) is 3. The summed E-state index contributed by atoms with van der Waals surface area (Å²) >= 11 is 0. The summed E-state index contributed by atoms with van der Waals surface area (Å²) in [5.41, 5.74) is 5.17. The quantitative estimate of drug-likeness (QED) is 0.869. The summed E-state index contributed by atoms with van der Waals surface area (Å²) in [4.78, 5) is 16.9. The van der Waals surface area contributed by atoms with E-state index in [4.69, 9.17) is 0 Å². The first-order chi connectivity index (χ1) is 12.6. The highest BCUT2D eigenvalue weighted by atomic mass is 16.2. The molecule has 0 aromatic heterocycles. The third-order valence-electron chi connectivity index (χ3n) is 5.08. The van der Waals surface area contributed by atoms with Gasteiger partial charge in [0, 0.05) is 38.4 Å². The minimum Gasteiger partial charge on any atom is -0.369 e. The van der Waals surface area contributed by atoms with Crippen LogP contribution in [0.5, 0.6) is 0 Å². The number of carbonyl (C=O) groups is 1. The lowest BCUT2D eigenvalue weighted by atomic mass is 10.1. The summed E-state index contributed by atoms with van der Waals surface area (Å²) in [7, 11) is 0. The number of piperazine rings is 1. The Bertz CT molecular complexity index is 736. The predicted octanol–water partition coefficient (Wildman–Crippen LogP) is 2.78. The molecule has 0 aliphatic carbocycles. The van der Waals surface area contributed by atoms with Crippen molar-refractivity contribution in [3.05, 3.63) is 65.2 Å². The number of anilines is 1. The molecule has 4 nitrogen and oxygen atoms in total. The summed E-state index contributed by atoms with van der Waals surface area (Å²) in [6.07, 6.45) is 0.888. The molecular weight excluding hydrogens is 322 g/mol. The van der Waals surface area contributed by atoms with Gasteiger partial charge in [0.05, 0.1) is 6.54 Å². The molecule has 0 unspecified atom stereocenters. The number of hydrogen-bond donors (Lipinski definition) is 1. The molecule has 1 heterocycles. The lowest BCUT2D eigenvalue weighted by Crippen LogP contribution is -2.49. The molecule has 138 valence electrons. The van der Waals surface area contributed by atoms with E-state index in [1.165, 1.54) is 22.4 Å². The van der Waals surface area contributed by atoms with E-state index >= 15 is 0 Å². The number of nitrogens with one attached hydrogen (secondary N) is 1. The molecule has 3 rings (SSSR count). The Morgan fingerprint density at radius 1 is 1.00 bits per heavy atom. The van der Waals surface area contributed by atoms with Crippen LogP contribution in [0.25, 0.3) is 0 Å². The first kappa shape index (κ1) is 18.5. The summed E-state index contributed by atoms with van der Waals surface area (Å²) in [6.45, 7) is 9.24. The fourth-order valence-corrected chi connectivity index (χ4v) is 3.48. The van der Waals surface area contributed by atoms with Gasteiger partial charge < -0.3 is 10.2 Å². The maximum absolute atomic E-state index is 12.2. The third kappa shape index (κ3) is 5.09. The molecule has 0 saturated carbocycles. The Morgan fingerprint density at radius 2 is 1.77 bits per heavy atom. The molecule has 1 N–H and O–H groups in total. The van der Waals surface area contributed by atoms with Crippen molar-refractivity contribution in [1.29, 1.82) is 0 Å². The van der Waals surface area contributed by atoms with Crippen LogP contribution in [0.3, 0.4) is 0 Å². The van der Waals surface area contributed by atoms with E-state index in [0.717, 1.165) is 32.6 Å². The van der Waals surface area contributed by atoms with Crippen LogP contribution in [-0.4, -0.2) is 50.1 Å². The number of carbonyl (C=O) groups excluding carboxylic acids is 1. The van der Waals surface area contributed by atoms with Crippen LogP contribution in [-0.2, 0) is 11.2 Å². The van der Waals surface area contributed by atoms with Crippen molar-refractivity contribution in [3.8, 4) is 0 Å². The Labute approximate surface area is 156 Å². The number of nitrogens with zero attached hydrogens (tertiary/aromatic N) is 2. The van der Waals surface area contributed by atoms with Gasteiger partial charge in [0.25, 0.3) is 0 Å². The van der Waals surface area contributed by atoms with Crippen LogP contribution in [0.2, 0.25) is 0 Å². The first-order valence-corrected chi connectivity index (χ1v) is 9.47. The van der Waals surface area contributed by atoms with Crippen molar-refractivity contribution >= 4 is 11.6 Å².